The van der Waals surface area contributed by atoms with Gasteiger partial charge in [-0.15, -0.1) is 0 Å². The lowest BCUT2D eigenvalue weighted by Gasteiger charge is -2.43. The normalized spacial score (nSPS) is 24.4. The molecule has 4 heteroatoms. The number of phenols is 4. The van der Waals surface area contributed by atoms with Crippen molar-refractivity contribution in [2.24, 2.45) is 17.8 Å². The van der Waals surface area contributed by atoms with Crippen molar-refractivity contribution in [2.45, 2.75) is 110 Å². The van der Waals surface area contributed by atoms with Crippen LogP contribution in [0.15, 0.2) is 84.9 Å². The Bertz CT molecular complexity index is 1630. The first kappa shape index (κ1) is 35.4. The van der Waals surface area contributed by atoms with Crippen LogP contribution in [0.25, 0.3) is 0 Å². The molecule has 2 aliphatic carbocycles. The highest BCUT2D eigenvalue weighted by Gasteiger charge is 2.38. The average Bonchev–Trinajstić information content (AvgIpc) is 3.07. The van der Waals surface area contributed by atoms with Gasteiger partial charge in [-0.25, -0.2) is 0 Å². The van der Waals surface area contributed by atoms with Crippen molar-refractivity contribution in [3.05, 3.63) is 118 Å². The molecule has 0 radical (unpaired) electrons. The van der Waals surface area contributed by atoms with E-state index in [2.05, 4.69) is 77.1 Å². The Kier molecular flexibility index (Phi) is 10.8. The Morgan fingerprint density at radius 2 is 1.21 bits per heavy atom. The lowest BCUT2D eigenvalue weighted by molar-refractivity contribution is 0.177. The van der Waals surface area contributed by atoms with Crippen molar-refractivity contribution < 1.29 is 20.4 Å². The third-order valence-corrected chi connectivity index (χ3v) is 12.3. The van der Waals surface area contributed by atoms with E-state index in [1.165, 1.54) is 72.8 Å². The van der Waals surface area contributed by atoms with Crippen LogP contribution < -0.4 is 0 Å². The molecule has 2 saturated carbocycles. The van der Waals surface area contributed by atoms with Gasteiger partial charge >= 0.3 is 0 Å². The van der Waals surface area contributed by atoms with Crippen LogP contribution >= 0.6 is 0 Å². The minimum atomic E-state index is 0.0863. The second-order valence-corrected chi connectivity index (χ2v) is 15.7. The molecule has 48 heavy (non-hydrogen) atoms. The van der Waals surface area contributed by atoms with E-state index in [4.69, 9.17) is 0 Å². The Labute approximate surface area is 288 Å². The van der Waals surface area contributed by atoms with E-state index in [9.17, 15) is 20.4 Å². The SMILES string of the molecule is CC1CCC(C(C)(C)c2ccc(O)cc2)CC1c1ccc(O)cc1.Cc1c(O)ccc(CC2CCC(C)(c3ccc(O)cc3)CC2)c1C. The first-order chi connectivity index (χ1) is 22.8. The predicted molar refractivity (Wildman–Crippen MR) is 197 cm³/mol. The standard InChI is InChI=1S/2C22H28O2/c1-15-16(2)21(24)9-4-18(15)14-17-10-12-22(3,13-11-17)19-5-7-20(23)8-6-19;1-15-4-7-18(14-21(15)16-5-10-19(23)11-6-16)22(2,3)17-8-12-20(24)13-9-17/h4-9,17,23-24H,10-14H2,1-3H3;5-6,8-13,15,18,21,23-24H,4,7,14H2,1-3H3. The molecule has 3 atom stereocenters. The highest BCUT2D eigenvalue weighted by Crippen LogP contribution is 2.48. The minimum absolute atomic E-state index is 0.0863. The number of benzene rings is 4. The van der Waals surface area contributed by atoms with Gasteiger partial charge in [-0.05, 0) is 176 Å². The monoisotopic (exact) mass is 648 g/mol. The Balaban J connectivity index is 0.000000188. The molecule has 2 aliphatic rings. The summed E-state index contributed by atoms with van der Waals surface area (Å²) in [5, 5.41) is 38.4. The molecule has 4 nitrogen and oxygen atoms in total. The van der Waals surface area contributed by atoms with Gasteiger partial charge in [-0.1, -0.05) is 70.2 Å². The highest BCUT2D eigenvalue weighted by molar-refractivity contribution is 5.43. The molecule has 0 spiro atoms. The molecule has 4 aromatic carbocycles. The molecule has 0 aromatic heterocycles. The first-order valence-corrected chi connectivity index (χ1v) is 17.9. The number of rotatable bonds is 6. The third kappa shape index (κ3) is 8.02. The lowest BCUT2D eigenvalue weighted by Crippen LogP contribution is -2.34. The lowest BCUT2D eigenvalue weighted by atomic mass is 9.62. The number of hydrogen-bond donors (Lipinski definition) is 4. The van der Waals surface area contributed by atoms with E-state index in [0.717, 1.165) is 17.9 Å². The van der Waals surface area contributed by atoms with E-state index >= 15 is 0 Å². The van der Waals surface area contributed by atoms with Gasteiger partial charge in [0, 0.05) is 0 Å². The molecule has 256 valence electrons. The van der Waals surface area contributed by atoms with E-state index < -0.39 is 0 Å². The molecule has 0 amide bonds. The van der Waals surface area contributed by atoms with Crippen LogP contribution in [0.3, 0.4) is 0 Å². The van der Waals surface area contributed by atoms with Crippen molar-refractivity contribution in [3.8, 4) is 23.0 Å². The van der Waals surface area contributed by atoms with Gasteiger partial charge in [0.1, 0.15) is 23.0 Å². The highest BCUT2D eigenvalue weighted by atomic mass is 16.3. The molecule has 0 bridgehead atoms. The summed E-state index contributed by atoms with van der Waals surface area (Å²) in [6.45, 7) is 13.5. The molecule has 0 saturated heterocycles. The molecular weight excluding hydrogens is 592 g/mol. The summed E-state index contributed by atoms with van der Waals surface area (Å²) >= 11 is 0. The molecule has 2 fully saturated rings. The maximum atomic E-state index is 9.83. The van der Waals surface area contributed by atoms with Gasteiger partial charge in [-0.2, -0.15) is 0 Å². The zero-order valence-corrected chi connectivity index (χ0v) is 29.8. The van der Waals surface area contributed by atoms with Gasteiger partial charge in [0.15, 0.2) is 0 Å². The number of aromatic hydroxyl groups is 4. The van der Waals surface area contributed by atoms with Gasteiger partial charge in [0.05, 0.1) is 0 Å². The first-order valence-electron chi connectivity index (χ1n) is 17.9. The van der Waals surface area contributed by atoms with Crippen LogP contribution in [-0.2, 0) is 17.3 Å². The maximum Gasteiger partial charge on any atom is 0.118 e. The van der Waals surface area contributed by atoms with Crippen LogP contribution in [0.1, 0.15) is 112 Å². The van der Waals surface area contributed by atoms with Crippen LogP contribution in [0.5, 0.6) is 23.0 Å². The molecule has 4 N–H and O–H groups in total. The third-order valence-electron chi connectivity index (χ3n) is 12.3. The maximum absolute atomic E-state index is 9.83. The second kappa shape index (κ2) is 14.7. The van der Waals surface area contributed by atoms with Crippen LogP contribution in [0.4, 0.5) is 0 Å². The summed E-state index contributed by atoms with van der Waals surface area (Å²) in [5.74, 6) is 3.95. The van der Waals surface area contributed by atoms with Gasteiger partial charge in [-0.3, -0.25) is 0 Å². The van der Waals surface area contributed by atoms with Crippen molar-refractivity contribution in [1.29, 1.82) is 0 Å². The fourth-order valence-corrected chi connectivity index (χ4v) is 8.36. The Morgan fingerprint density at radius 3 is 1.79 bits per heavy atom. The predicted octanol–water partition coefficient (Wildman–Crippen LogP) is 11.0. The summed E-state index contributed by atoms with van der Waals surface area (Å²) in [6.07, 6.45) is 9.60. The molecule has 3 unspecified atom stereocenters. The second-order valence-electron chi connectivity index (χ2n) is 15.7. The molecular formula is C44H56O4. The molecule has 6 rings (SSSR count). The smallest absolute Gasteiger partial charge is 0.118 e. The van der Waals surface area contributed by atoms with E-state index in [-0.39, 0.29) is 10.8 Å². The van der Waals surface area contributed by atoms with Crippen molar-refractivity contribution in [3.63, 3.8) is 0 Å². The van der Waals surface area contributed by atoms with Gasteiger partial charge in [0.25, 0.3) is 0 Å². The zero-order chi connectivity index (χ0) is 34.6. The topological polar surface area (TPSA) is 80.9 Å². The molecule has 4 aromatic rings. The fourth-order valence-electron chi connectivity index (χ4n) is 8.36. The van der Waals surface area contributed by atoms with Crippen LogP contribution in [0, 0.1) is 31.6 Å². The van der Waals surface area contributed by atoms with Crippen molar-refractivity contribution in [2.75, 3.05) is 0 Å². The molecule has 0 heterocycles. The van der Waals surface area contributed by atoms with Gasteiger partial charge in [0.2, 0.25) is 0 Å². The van der Waals surface area contributed by atoms with E-state index in [1.807, 2.05) is 13.0 Å². The number of hydrogen-bond acceptors (Lipinski definition) is 4. The van der Waals surface area contributed by atoms with Crippen molar-refractivity contribution >= 4 is 0 Å². The van der Waals surface area contributed by atoms with Crippen molar-refractivity contribution in [1.82, 2.24) is 0 Å². The number of phenolic OH excluding ortho intramolecular Hbond substituents is 4. The summed E-state index contributed by atoms with van der Waals surface area (Å²) in [5.41, 5.74) is 7.92. The Morgan fingerprint density at radius 1 is 0.667 bits per heavy atom. The van der Waals surface area contributed by atoms with Crippen LogP contribution in [0.2, 0.25) is 0 Å². The largest absolute Gasteiger partial charge is 0.508 e. The molecule has 0 aliphatic heterocycles. The summed E-state index contributed by atoms with van der Waals surface area (Å²) in [4.78, 5) is 0. The summed E-state index contributed by atoms with van der Waals surface area (Å²) < 4.78 is 0. The zero-order valence-electron chi connectivity index (χ0n) is 29.8. The fraction of sp³-hybridized carbons (Fsp3) is 0.455. The van der Waals surface area contributed by atoms with E-state index in [0.29, 0.717) is 40.8 Å². The summed E-state index contributed by atoms with van der Waals surface area (Å²) in [6, 6.07) is 27.1. The summed E-state index contributed by atoms with van der Waals surface area (Å²) in [7, 11) is 0. The van der Waals surface area contributed by atoms with Gasteiger partial charge < -0.3 is 20.4 Å². The van der Waals surface area contributed by atoms with E-state index in [1.54, 1.807) is 36.4 Å². The Hall–Kier alpha value is -3.92. The van der Waals surface area contributed by atoms with Crippen LogP contribution in [-0.4, -0.2) is 20.4 Å². The average molecular weight is 649 g/mol. The minimum Gasteiger partial charge on any atom is -0.508 e. The quantitative estimate of drug-likeness (QED) is 0.168.